The summed E-state index contributed by atoms with van der Waals surface area (Å²) in [4.78, 5) is 16.4. The largest absolute Gasteiger partial charge is 0.465 e. The van der Waals surface area contributed by atoms with Crippen molar-refractivity contribution in [3.8, 4) is 0 Å². The Morgan fingerprint density at radius 3 is 2.68 bits per heavy atom. The number of sulfonamides is 1. The molecule has 4 rings (SSSR count). The van der Waals surface area contributed by atoms with E-state index in [0.717, 1.165) is 24.8 Å². The SMILES string of the molecule is O=C(C=Cc1ccco1)Nc1ccc(S(=O)(=O)N2CCCCC2c2cccnc2)cc1. The van der Waals surface area contributed by atoms with E-state index in [1.54, 1.807) is 47.0 Å². The van der Waals surface area contributed by atoms with Crippen molar-refractivity contribution in [1.82, 2.24) is 9.29 Å². The van der Waals surface area contributed by atoms with Crippen LogP contribution in [0.15, 0.2) is 82.6 Å². The first kappa shape index (κ1) is 21.0. The highest BCUT2D eigenvalue weighted by Gasteiger charge is 2.34. The van der Waals surface area contributed by atoms with Crippen LogP contribution in [0.25, 0.3) is 6.08 Å². The Balaban J connectivity index is 1.48. The number of anilines is 1. The summed E-state index contributed by atoms with van der Waals surface area (Å²) in [6, 6.07) is 13.2. The van der Waals surface area contributed by atoms with E-state index in [0.29, 0.717) is 18.0 Å². The molecule has 0 radical (unpaired) electrons. The molecule has 1 amide bonds. The first-order valence-electron chi connectivity index (χ1n) is 10.1. The van der Waals surface area contributed by atoms with Gasteiger partial charge in [-0.25, -0.2) is 8.42 Å². The van der Waals surface area contributed by atoms with E-state index < -0.39 is 10.0 Å². The van der Waals surface area contributed by atoms with Crippen LogP contribution in [0.1, 0.15) is 36.6 Å². The Bertz CT molecular complexity index is 1140. The summed E-state index contributed by atoms with van der Waals surface area (Å²) in [6.45, 7) is 0.470. The van der Waals surface area contributed by atoms with E-state index in [1.165, 1.54) is 24.5 Å². The van der Waals surface area contributed by atoms with Crippen LogP contribution in [0.3, 0.4) is 0 Å². The highest BCUT2D eigenvalue weighted by atomic mass is 32.2. The van der Waals surface area contributed by atoms with Crippen LogP contribution in [-0.2, 0) is 14.8 Å². The van der Waals surface area contributed by atoms with E-state index in [-0.39, 0.29) is 16.8 Å². The number of hydrogen-bond acceptors (Lipinski definition) is 5. The van der Waals surface area contributed by atoms with Gasteiger partial charge in [0.1, 0.15) is 5.76 Å². The zero-order valence-corrected chi connectivity index (χ0v) is 17.7. The van der Waals surface area contributed by atoms with Crippen LogP contribution in [0.2, 0.25) is 0 Å². The van der Waals surface area contributed by atoms with Crippen LogP contribution < -0.4 is 5.32 Å². The lowest BCUT2D eigenvalue weighted by atomic mass is 9.99. The molecule has 31 heavy (non-hydrogen) atoms. The molecule has 3 heterocycles. The van der Waals surface area contributed by atoms with Crippen LogP contribution in [-0.4, -0.2) is 30.2 Å². The van der Waals surface area contributed by atoms with Crippen LogP contribution in [0.5, 0.6) is 0 Å². The second-order valence-corrected chi connectivity index (χ2v) is 9.17. The fourth-order valence-electron chi connectivity index (χ4n) is 3.67. The third kappa shape index (κ3) is 4.92. The number of carbonyl (C=O) groups excluding carboxylic acids is 1. The highest BCUT2D eigenvalue weighted by Crippen LogP contribution is 2.35. The third-order valence-electron chi connectivity index (χ3n) is 5.19. The molecule has 1 atom stereocenters. The molecule has 3 aromatic rings. The molecule has 8 heteroatoms. The molecule has 0 spiro atoms. The Morgan fingerprint density at radius 2 is 1.97 bits per heavy atom. The molecule has 1 fully saturated rings. The van der Waals surface area contributed by atoms with Gasteiger partial charge in [-0.2, -0.15) is 4.31 Å². The van der Waals surface area contributed by atoms with E-state index >= 15 is 0 Å². The lowest BCUT2D eigenvalue weighted by Gasteiger charge is -2.34. The van der Waals surface area contributed by atoms with Crippen molar-refractivity contribution in [3.05, 3.63) is 84.6 Å². The Morgan fingerprint density at radius 1 is 1.13 bits per heavy atom. The molecule has 0 bridgehead atoms. The maximum atomic E-state index is 13.3. The quantitative estimate of drug-likeness (QED) is 0.582. The molecule has 1 saturated heterocycles. The van der Waals surface area contributed by atoms with Gasteiger partial charge in [-0.1, -0.05) is 12.5 Å². The maximum absolute atomic E-state index is 13.3. The van der Waals surface area contributed by atoms with Gasteiger partial charge in [0.2, 0.25) is 15.9 Å². The van der Waals surface area contributed by atoms with Crippen LogP contribution >= 0.6 is 0 Å². The Hall–Kier alpha value is -3.23. The second kappa shape index (κ2) is 9.28. The minimum atomic E-state index is -3.68. The lowest BCUT2D eigenvalue weighted by Crippen LogP contribution is -2.38. The van der Waals surface area contributed by atoms with Crippen LogP contribution in [0, 0.1) is 0 Å². The number of benzene rings is 1. The standard InChI is InChI=1S/C23H23N3O4S/c27-23(13-10-20-6-4-16-30-20)25-19-8-11-21(12-9-19)31(28,29)26-15-2-1-7-22(26)18-5-3-14-24-17-18/h3-6,8-14,16-17,22H,1-2,7,15H2,(H,25,27). The fraction of sp³-hybridized carbons (Fsp3) is 0.217. The number of carbonyl (C=O) groups is 1. The maximum Gasteiger partial charge on any atom is 0.248 e. The normalized spacial score (nSPS) is 17.6. The summed E-state index contributed by atoms with van der Waals surface area (Å²) in [6.07, 6.45) is 10.4. The smallest absolute Gasteiger partial charge is 0.248 e. The van der Waals surface area contributed by atoms with Crippen molar-refractivity contribution in [2.24, 2.45) is 0 Å². The van der Waals surface area contributed by atoms with Crippen molar-refractivity contribution >= 4 is 27.7 Å². The van der Waals surface area contributed by atoms with Crippen molar-refractivity contribution in [2.75, 3.05) is 11.9 Å². The summed E-state index contributed by atoms with van der Waals surface area (Å²) in [5, 5.41) is 2.71. The summed E-state index contributed by atoms with van der Waals surface area (Å²) in [5.41, 5.74) is 1.41. The molecule has 0 aliphatic carbocycles. The number of rotatable bonds is 6. The predicted octanol–water partition coefficient (Wildman–Crippen LogP) is 4.24. The number of nitrogens with zero attached hydrogens (tertiary/aromatic N) is 2. The van der Waals surface area contributed by atoms with Gasteiger partial charge in [0.05, 0.1) is 17.2 Å². The zero-order chi connectivity index (χ0) is 21.7. The van der Waals surface area contributed by atoms with E-state index in [2.05, 4.69) is 10.3 Å². The summed E-state index contributed by atoms with van der Waals surface area (Å²) >= 11 is 0. The van der Waals surface area contributed by atoms with Gasteiger partial charge in [-0.05, 0) is 66.9 Å². The molecular weight excluding hydrogens is 414 g/mol. The average molecular weight is 438 g/mol. The summed E-state index contributed by atoms with van der Waals surface area (Å²) < 4.78 is 33.4. The van der Waals surface area contributed by atoms with Crippen molar-refractivity contribution in [2.45, 2.75) is 30.2 Å². The average Bonchev–Trinajstić information content (AvgIpc) is 3.32. The minimum absolute atomic E-state index is 0.201. The number of amides is 1. The lowest BCUT2D eigenvalue weighted by molar-refractivity contribution is -0.111. The summed E-state index contributed by atoms with van der Waals surface area (Å²) in [5.74, 6) is 0.237. The van der Waals surface area contributed by atoms with Crippen molar-refractivity contribution < 1.29 is 17.6 Å². The molecule has 7 nitrogen and oxygen atoms in total. The van der Waals surface area contributed by atoms with Crippen molar-refractivity contribution in [1.29, 1.82) is 0 Å². The van der Waals surface area contributed by atoms with Gasteiger partial charge < -0.3 is 9.73 Å². The number of hydrogen-bond donors (Lipinski definition) is 1. The first-order valence-corrected chi connectivity index (χ1v) is 11.5. The molecule has 1 N–H and O–H groups in total. The molecule has 1 aliphatic heterocycles. The predicted molar refractivity (Wildman–Crippen MR) is 118 cm³/mol. The molecule has 1 aliphatic rings. The molecule has 1 unspecified atom stereocenters. The number of aromatic nitrogens is 1. The van der Waals surface area contributed by atoms with Gasteiger partial charge in [-0.15, -0.1) is 0 Å². The van der Waals surface area contributed by atoms with E-state index in [1.807, 2.05) is 12.1 Å². The monoisotopic (exact) mass is 437 g/mol. The molecule has 1 aromatic carbocycles. The minimum Gasteiger partial charge on any atom is -0.465 e. The van der Waals surface area contributed by atoms with E-state index in [4.69, 9.17) is 4.42 Å². The fourth-order valence-corrected chi connectivity index (χ4v) is 5.35. The van der Waals surface area contributed by atoms with Crippen molar-refractivity contribution in [3.63, 3.8) is 0 Å². The number of nitrogens with one attached hydrogen (secondary N) is 1. The molecule has 0 saturated carbocycles. The molecular formula is C23H23N3O4S. The highest BCUT2D eigenvalue weighted by molar-refractivity contribution is 7.89. The first-order chi connectivity index (χ1) is 15.0. The van der Waals surface area contributed by atoms with Gasteiger partial charge in [0, 0.05) is 30.7 Å². The Labute approximate surface area is 181 Å². The Kier molecular flexibility index (Phi) is 6.29. The van der Waals surface area contributed by atoms with E-state index in [9.17, 15) is 13.2 Å². The van der Waals surface area contributed by atoms with Gasteiger partial charge in [0.25, 0.3) is 0 Å². The second-order valence-electron chi connectivity index (χ2n) is 7.28. The number of piperidine rings is 1. The van der Waals surface area contributed by atoms with Crippen LogP contribution in [0.4, 0.5) is 5.69 Å². The zero-order valence-electron chi connectivity index (χ0n) is 16.8. The van der Waals surface area contributed by atoms with Gasteiger partial charge >= 0.3 is 0 Å². The number of pyridine rings is 1. The number of furan rings is 1. The van der Waals surface area contributed by atoms with Gasteiger partial charge in [0.15, 0.2) is 0 Å². The summed E-state index contributed by atoms with van der Waals surface area (Å²) in [7, 11) is -3.68. The van der Waals surface area contributed by atoms with Gasteiger partial charge in [-0.3, -0.25) is 9.78 Å². The topological polar surface area (TPSA) is 92.5 Å². The molecule has 160 valence electrons. The molecule has 2 aromatic heterocycles. The third-order valence-corrected chi connectivity index (χ3v) is 7.12.